The molecule has 13 nitrogen and oxygen atoms in total. The molecule has 0 bridgehead atoms. The van der Waals surface area contributed by atoms with Crippen LogP contribution in [0.5, 0.6) is 17.2 Å². The average Bonchev–Trinajstić information content (AvgIpc) is 3.26. The summed E-state index contributed by atoms with van der Waals surface area (Å²) < 4.78 is 17.0. The zero-order chi connectivity index (χ0) is 42.7. The lowest BCUT2D eigenvalue weighted by Gasteiger charge is -2.33. The molecule has 0 saturated heterocycles. The van der Waals surface area contributed by atoms with Crippen molar-refractivity contribution in [1.29, 1.82) is 0 Å². The van der Waals surface area contributed by atoms with Crippen LogP contribution in [-0.4, -0.2) is 90.8 Å². The van der Waals surface area contributed by atoms with E-state index in [0.29, 0.717) is 47.2 Å². The van der Waals surface area contributed by atoms with E-state index < -0.39 is 12.0 Å². The predicted molar refractivity (Wildman–Crippen MR) is 232 cm³/mol. The van der Waals surface area contributed by atoms with Gasteiger partial charge in [0, 0.05) is 45.0 Å². The minimum atomic E-state index is -1.02. The van der Waals surface area contributed by atoms with Gasteiger partial charge in [0.2, 0.25) is 5.91 Å². The van der Waals surface area contributed by atoms with Gasteiger partial charge in [0.1, 0.15) is 5.75 Å². The Morgan fingerprint density at radius 3 is 1.82 bits per heavy atom. The SMILES string of the molecule is COc1cc(CC(=O)N(CCN(Cc2ccccc2)C(=O)N(CCCOc2ccccc2OC)CCC(=O)O)Cc2ccccc2)ccc1NC(=O)Nc1ccccc1C. The van der Waals surface area contributed by atoms with Crippen LogP contribution in [0, 0.1) is 6.92 Å². The number of aryl methyl sites for hydroxylation is 1. The van der Waals surface area contributed by atoms with Crippen molar-refractivity contribution in [2.75, 3.05) is 57.6 Å². The second-order valence-electron chi connectivity index (χ2n) is 14.1. The van der Waals surface area contributed by atoms with Gasteiger partial charge >= 0.3 is 18.0 Å². The number of carboxylic acid groups (broad SMARTS) is 1. The average molecular weight is 816 g/mol. The Hall–Kier alpha value is -7.02. The van der Waals surface area contributed by atoms with E-state index in [1.165, 1.54) is 12.0 Å². The molecule has 5 aromatic carbocycles. The fourth-order valence-corrected chi connectivity index (χ4v) is 6.52. The van der Waals surface area contributed by atoms with Crippen molar-refractivity contribution >= 4 is 35.3 Å². The van der Waals surface area contributed by atoms with Crippen LogP contribution in [0.1, 0.15) is 35.1 Å². The Bertz CT molecular complexity index is 2170. The number of benzene rings is 5. The molecule has 5 rings (SSSR count). The van der Waals surface area contributed by atoms with Crippen LogP contribution in [-0.2, 0) is 29.1 Å². The van der Waals surface area contributed by atoms with E-state index in [1.807, 2.05) is 104 Å². The number of nitrogens with zero attached hydrogens (tertiary/aromatic N) is 3. The Morgan fingerprint density at radius 1 is 0.583 bits per heavy atom. The van der Waals surface area contributed by atoms with Gasteiger partial charge in [0.15, 0.2) is 11.5 Å². The van der Waals surface area contributed by atoms with Crippen molar-refractivity contribution in [3.05, 3.63) is 150 Å². The summed E-state index contributed by atoms with van der Waals surface area (Å²) in [6, 6.07) is 38.3. The van der Waals surface area contributed by atoms with Gasteiger partial charge in [-0.25, -0.2) is 9.59 Å². The molecule has 13 heteroatoms. The topological polar surface area (TPSA) is 150 Å². The Labute approximate surface area is 351 Å². The highest BCUT2D eigenvalue weighted by molar-refractivity contribution is 6.01. The molecule has 0 unspecified atom stereocenters. The molecule has 0 spiro atoms. The van der Waals surface area contributed by atoms with E-state index in [2.05, 4.69) is 10.6 Å². The third-order valence-corrected chi connectivity index (χ3v) is 9.72. The van der Waals surface area contributed by atoms with Crippen molar-refractivity contribution in [2.24, 2.45) is 0 Å². The van der Waals surface area contributed by atoms with Crippen molar-refractivity contribution in [2.45, 2.75) is 39.3 Å². The molecule has 0 heterocycles. The molecular formula is C47H53N5O8. The number of carbonyl (C=O) groups is 4. The number of hydrogen-bond acceptors (Lipinski definition) is 7. The molecule has 0 radical (unpaired) electrons. The molecule has 0 aliphatic carbocycles. The quantitative estimate of drug-likeness (QED) is 0.0630. The van der Waals surface area contributed by atoms with Crippen molar-refractivity contribution < 1.29 is 38.5 Å². The fourth-order valence-electron chi connectivity index (χ4n) is 6.52. The van der Waals surface area contributed by atoms with E-state index in [0.717, 1.165) is 16.7 Å². The van der Waals surface area contributed by atoms with Gasteiger partial charge in [-0.15, -0.1) is 0 Å². The summed E-state index contributed by atoms with van der Waals surface area (Å²) in [5, 5.41) is 15.3. The van der Waals surface area contributed by atoms with Crippen LogP contribution >= 0.6 is 0 Å². The van der Waals surface area contributed by atoms with Gasteiger partial charge in [0.05, 0.1) is 39.4 Å². The lowest BCUT2D eigenvalue weighted by Crippen LogP contribution is -2.47. The minimum Gasteiger partial charge on any atom is -0.495 e. The number of hydrogen-bond donors (Lipinski definition) is 3. The lowest BCUT2D eigenvalue weighted by molar-refractivity contribution is -0.137. The maximum Gasteiger partial charge on any atom is 0.323 e. The summed E-state index contributed by atoms with van der Waals surface area (Å²) in [6.07, 6.45) is 0.241. The van der Waals surface area contributed by atoms with Gasteiger partial charge in [0.25, 0.3) is 0 Å². The van der Waals surface area contributed by atoms with Gasteiger partial charge in [-0.2, -0.15) is 0 Å². The number of rotatable bonds is 21. The highest BCUT2D eigenvalue weighted by Gasteiger charge is 2.25. The predicted octanol–water partition coefficient (Wildman–Crippen LogP) is 8.10. The summed E-state index contributed by atoms with van der Waals surface area (Å²) in [5.74, 6) is 0.362. The zero-order valence-corrected chi connectivity index (χ0v) is 34.3. The van der Waals surface area contributed by atoms with Gasteiger partial charge in [-0.3, -0.25) is 9.59 Å². The second kappa shape index (κ2) is 22.8. The molecule has 60 heavy (non-hydrogen) atoms. The first-order chi connectivity index (χ1) is 29.1. The van der Waals surface area contributed by atoms with Crippen LogP contribution in [0.15, 0.2) is 127 Å². The monoisotopic (exact) mass is 815 g/mol. The van der Waals surface area contributed by atoms with Crippen LogP contribution in [0.3, 0.4) is 0 Å². The number of carbonyl (C=O) groups excluding carboxylic acids is 3. The van der Waals surface area contributed by atoms with E-state index >= 15 is 0 Å². The fraction of sp³-hybridized carbons (Fsp3) is 0.277. The van der Waals surface area contributed by atoms with E-state index in [9.17, 15) is 24.3 Å². The third-order valence-electron chi connectivity index (χ3n) is 9.72. The molecule has 0 atom stereocenters. The first-order valence-corrected chi connectivity index (χ1v) is 19.8. The Kier molecular flexibility index (Phi) is 16.8. The number of nitrogens with one attached hydrogen (secondary N) is 2. The van der Waals surface area contributed by atoms with Crippen LogP contribution in [0.2, 0.25) is 0 Å². The Morgan fingerprint density at radius 2 is 1.17 bits per heavy atom. The molecule has 0 aliphatic rings. The number of para-hydroxylation sites is 3. The summed E-state index contributed by atoms with van der Waals surface area (Å²) >= 11 is 0. The molecule has 5 aromatic rings. The smallest absolute Gasteiger partial charge is 0.323 e. The first kappa shape index (κ1) is 44.1. The number of carboxylic acids is 1. The van der Waals surface area contributed by atoms with E-state index in [-0.39, 0.29) is 64.1 Å². The zero-order valence-electron chi connectivity index (χ0n) is 34.3. The maximum atomic E-state index is 14.4. The summed E-state index contributed by atoms with van der Waals surface area (Å²) in [5.41, 5.74) is 4.52. The minimum absolute atomic E-state index is 0.00101. The summed E-state index contributed by atoms with van der Waals surface area (Å²) in [4.78, 5) is 58.1. The third kappa shape index (κ3) is 13.5. The van der Waals surface area contributed by atoms with Crippen LogP contribution in [0.25, 0.3) is 0 Å². The molecule has 0 aliphatic heterocycles. The van der Waals surface area contributed by atoms with Crippen LogP contribution in [0.4, 0.5) is 21.0 Å². The summed E-state index contributed by atoms with van der Waals surface area (Å²) in [7, 11) is 3.06. The number of ether oxygens (including phenoxy) is 3. The lowest BCUT2D eigenvalue weighted by atomic mass is 10.1. The summed E-state index contributed by atoms with van der Waals surface area (Å²) in [6.45, 7) is 3.35. The van der Waals surface area contributed by atoms with E-state index in [1.54, 1.807) is 47.2 Å². The molecule has 0 saturated carbocycles. The maximum absolute atomic E-state index is 14.4. The van der Waals surface area contributed by atoms with Crippen molar-refractivity contribution in [3.63, 3.8) is 0 Å². The van der Waals surface area contributed by atoms with E-state index in [4.69, 9.17) is 14.2 Å². The molecule has 314 valence electrons. The molecule has 3 N–H and O–H groups in total. The van der Waals surface area contributed by atoms with Crippen molar-refractivity contribution in [3.8, 4) is 17.2 Å². The number of anilines is 2. The highest BCUT2D eigenvalue weighted by atomic mass is 16.5. The van der Waals surface area contributed by atoms with Gasteiger partial charge < -0.3 is 44.7 Å². The molecule has 5 amide bonds. The number of methoxy groups -OCH3 is 2. The second-order valence-corrected chi connectivity index (χ2v) is 14.1. The molecular weight excluding hydrogens is 763 g/mol. The van der Waals surface area contributed by atoms with Crippen molar-refractivity contribution in [1.82, 2.24) is 14.7 Å². The first-order valence-electron chi connectivity index (χ1n) is 19.8. The largest absolute Gasteiger partial charge is 0.495 e. The number of urea groups is 2. The molecule has 0 fully saturated rings. The molecule has 0 aromatic heterocycles. The normalized spacial score (nSPS) is 10.6. The number of amides is 5. The number of aliphatic carboxylic acids is 1. The van der Waals surface area contributed by atoms with Gasteiger partial charge in [-0.1, -0.05) is 97.1 Å². The Balaban J connectivity index is 1.32. The van der Waals surface area contributed by atoms with Crippen LogP contribution < -0.4 is 24.8 Å². The highest BCUT2D eigenvalue weighted by Crippen LogP contribution is 2.28. The standard InChI is InChI=1S/C47H53N5O8/c1-35-15-10-11-20-39(35)48-46(56)49-40-24-23-38(31-43(40)59-3)32-44(53)51(33-36-16-6-4-7-17-36)28-29-52(34-37-18-8-5-9-19-37)47(57)50(27-25-45(54)55)26-14-30-60-42-22-13-12-21-41(42)58-2/h4-13,15-24,31H,14,25-30,32-34H2,1-3H3,(H,54,55)(H2,48,49,56). The van der Waals surface area contributed by atoms with Gasteiger partial charge in [-0.05, 0) is 65.9 Å².